The Hall–Kier alpha value is -2.12. The van der Waals surface area contributed by atoms with Gasteiger partial charge in [0.2, 0.25) is 0 Å². The van der Waals surface area contributed by atoms with Crippen LogP contribution in [-0.2, 0) is 6.42 Å². The highest BCUT2D eigenvalue weighted by atomic mass is 16.3. The molecule has 1 atom stereocenters. The first-order chi connectivity index (χ1) is 10.1. The lowest BCUT2D eigenvalue weighted by molar-refractivity contribution is 0.177. The van der Waals surface area contributed by atoms with E-state index in [1.165, 1.54) is 27.5 Å². The van der Waals surface area contributed by atoms with E-state index in [9.17, 15) is 5.11 Å². The summed E-state index contributed by atoms with van der Waals surface area (Å²) in [6.45, 7) is 4.16. The van der Waals surface area contributed by atoms with Crippen LogP contribution < -0.4 is 0 Å². The molecule has 21 heavy (non-hydrogen) atoms. The molecule has 0 aliphatic carbocycles. The number of hydrogen-bond acceptors (Lipinski definition) is 1. The smallest absolute Gasteiger partial charge is 0.0833 e. The maximum atomic E-state index is 10.6. The van der Waals surface area contributed by atoms with E-state index in [1.54, 1.807) is 0 Å². The van der Waals surface area contributed by atoms with E-state index in [0.717, 1.165) is 5.56 Å². The molecule has 1 unspecified atom stereocenters. The zero-order valence-electron chi connectivity index (χ0n) is 12.5. The third-order valence-corrected chi connectivity index (χ3v) is 4.25. The van der Waals surface area contributed by atoms with Crippen molar-refractivity contribution in [2.24, 2.45) is 0 Å². The summed E-state index contributed by atoms with van der Waals surface area (Å²) >= 11 is 0. The van der Waals surface area contributed by atoms with Crippen LogP contribution in [0.25, 0.3) is 10.8 Å². The first-order valence-corrected chi connectivity index (χ1v) is 7.37. The minimum absolute atomic E-state index is 0.453. The lowest BCUT2D eigenvalue weighted by Gasteiger charge is -2.15. The molecule has 0 saturated carbocycles. The second kappa shape index (κ2) is 5.71. The van der Waals surface area contributed by atoms with Crippen LogP contribution >= 0.6 is 0 Å². The summed E-state index contributed by atoms with van der Waals surface area (Å²) < 4.78 is 0. The Bertz CT molecular complexity index is 774. The fourth-order valence-electron chi connectivity index (χ4n) is 2.83. The molecule has 0 aliphatic rings. The van der Waals surface area contributed by atoms with E-state index in [4.69, 9.17) is 0 Å². The molecule has 0 saturated heterocycles. The Balaban J connectivity index is 1.89. The number of benzene rings is 3. The van der Waals surface area contributed by atoms with Gasteiger partial charge in [0, 0.05) is 6.42 Å². The maximum absolute atomic E-state index is 10.6. The minimum atomic E-state index is -0.453. The van der Waals surface area contributed by atoms with Gasteiger partial charge >= 0.3 is 0 Å². The fraction of sp³-hybridized carbons (Fsp3) is 0.200. The van der Waals surface area contributed by atoms with Crippen LogP contribution in [0, 0.1) is 13.8 Å². The molecule has 0 amide bonds. The number of aliphatic hydroxyl groups excluding tert-OH is 1. The summed E-state index contributed by atoms with van der Waals surface area (Å²) in [5, 5.41) is 13.0. The van der Waals surface area contributed by atoms with Gasteiger partial charge in [-0.3, -0.25) is 0 Å². The van der Waals surface area contributed by atoms with Crippen molar-refractivity contribution in [3.05, 3.63) is 82.9 Å². The molecular formula is C20H20O. The van der Waals surface area contributed by atoms with Crippen molar-refractivity contribution in [1.82, 2.24) is 0 Å². The van der Waals surface area contributed by atoms with Crippen LogP contribution in [0.5, 0.6) is 0 Å². The highest BCUT2D eigenvalue weighted by molar-refractivity contribution is 5.83. The summed E-state index contributed by atoms with van der Waals surface area (Å²) in [6.07, 6.45) is 0.195. The van der Waals surface area contributed by atoms with Crippen LogP contribution in [0.2, 0.25) is 0 Å². The first-order valence-electron chi connectivity index (χ1n) is 7.37. The molecule has 0 aliphatic heterocycles. The zero-order chi connectivity index (χ0) is 14.8. The molecular weight excluding hydrogens is 256 g/mol. The predicted octanol–water partition coefficient (Wildman–Crippen LogP) is 4.73. The van der Waals surface area contributed by atoms with Crippen molar-refractivity contribution in [3.63, 3.8) is 0 Å². The van der Waals surface area contributed by atoms with Crippen LogP contribution in [0.3, 0.4) is 0 Å². The van der Waals surface area contributed by atoms with Crippen LogP contribution in [0.1, 0.15) is 28.4 Å². The third-order valence-electron chi connectivity index (χ3n) is 4.25. The summed E-state index contributed by atoms with van der Waals surface area (Å²) in [7, 11) is 0. The Labute approximate surface area is 125 Å². The molecule has 1 heteroatoms. The van der Waals surface area contributed by atoms with Gasteiger partial charge in [-0.15, -0.1) is 0 Å². The van der Waals surface area contributed by atoms with Gasteiger partial charge in [-0.1, -0.05) is 60.7 Å². The van der Waals surface area contributed by atoms with Crippen molar-refractivity contribution in [2.75, 3.05) is 0 Å². The van der Waals surface area contributed by atoms with Gasteiger partial charge in [-0.05, 0) is 46.9 Å². The standard InChI is InChI=1S/C20H20O/c1-14-6-5-9-19(15(14)2)20(21)13-16-10-11-17-7-3-4-8-18(17)12-16/h3-12,20-21H,13H2,1-2H3. The van der Waals surface area contributed by atoms with Crippen molar-refractivity contribution in [3.8, 4) is 0 Å². The number of hydrogen-bond donors (Lipinski definition) is 1. The molecule has 3 aromatic rings. The molecule has 1 N–H and O–H groups in total. The van der Waals surface area contributed by atoms with Crippen LogP contribution in [-0.4, -0.2) is 5.11 Å². The van der Waals surface area contributed by atoms with Gasteiger partial charge in [0.1, 0.15) is 0 Å². The van der Waals surface area contributed by atoms with Gasteiger partial charge in [0.15, 0.2) is 0 Å². The summed E-state index contributed by atoms with van der Waals surface area (Å²) in [4.78, 5) is 0. The van der Waals surface area contributed by atoms with Gasteiger partial charge in [-0.2, -0.15) is 0 Å². The number of fused-ring (bicyclic) bond motifs is 1. The lowest BCUT2D eigenvalue weighted by Crippen LogP contribution is -2.04. The first kappa shape index (κ1) is 13.8. The van der Waals surface area contributed by atoms with Crippen molar-refractivity contribution in [2.45, 2.75) is 26.4 Å². The zero-order valence-corrected chi connectivity index (χ0v) is 12.5. The van der Waals surface area contributed by atoms with E-state index in [2.05, 4.69) is 50.2 Å². The van der Waals surface area contributed by atoms with Gasteiger partial charge in [0.25, 0.3) is 0 Å². The highest BCUT2D eigenvalue weighted by Gasteiger charge is 2.12. The maximum Gasteiger partial charge on any atom is 0.0833 e. The van der Waals surface area contributed by atoms with E-state index < -0.39 is 6.10 Å². The third kappa shape index (κ3) is 2.84. The van der Waals surface area contributed by atoms with Crippen molar-refractivity contribution >= 4 is 10.8 Å². The Kier molecular flexibility index (Phi) is 3.76. The second-order valence-corrected chi connectivity index (χ2v) is 5.69. The van der Waals surface area contributed by atoms with Crippen LogP contribution in [0.4, 0.5) is 0 Å². The van der Waals surface area contributed by atoms with Crippen molar-refractivity contribution < 1.29 is 5.11 Å². The molecule has 0 bridgehead atoms. The minimum Gasteiger partial charge on any atom is -0.388 e. The summed E-state index contributed by atoms with van der Waals surface area (Å²) in [5.41, 5.74) is 4.61. The molecule has 0 aromatic heterocycles. The lowest BCUT2D eigenvalue weighted by atomic mass is 9.94. The number of aryl methyl sites for hydroxylation is 1. The number of rotatable bonds is 3. The average Bonchev–Trinajstić information content (AvgIpc) is 2.50. The van der Waals surface area contributed by atoms with Gasteiger partial charge < -0.3 is 5.11 Å². The molecule has 0 spiro atoms. The summed E-state index contributed by atoms with van der Waals surface area (Å²) in [6, 6.07) is 20.8. The van der Waals surface area contributed by atoms with E-state index in [0.29, 0.717) is 6.42 Å². The normalized spacial score (nSPS) is 12.5. The van der Waals surface area contributed by atoms with Gasteiger partial charge in [0.05, 0.1) is 6.10 Å². The SMILES string of the molecule is Cc1cccc(C(O)Cc2ccc3ccccc3c2)c1C. The largest absolute Gasteiger partial charge is 0.388 e. The van der Waals surface area contributed by atoms with E-state index in [1.807, 2.05) is 24.3 Å². The monoisotopic (exact) mass is 276 g/mol. The van der Waals surface area contributed by atoms with Gasteiger partial charge in [-0.25, -0.2) is 0 Å². The summed E-state index contributed by atoms with van der Waals surface area (Å²) in [5.74, 6) is 0. The predicted molar refractivity (Wildman–Crippen MR) is 88.5 cm³/mol. The highest BCUT2D eigenvalue weighted by Crippen LogP contribution is 2.25. The quantitative estimate of drug-likeness (QED) is 0.733. The Morgan fingerprint density at radius 1 is 0.857 bits per heavy atom. The van der Waals surface area contributed by atoms with E-state index in [-0.39, 0.29) is 0 Å². The molecule has 106 valence electrons. The topological polar surface area (TPSA) is 20.2 Å². The molecule has 0 fully saturated rings. The Morgan fingerprint density at radius 2 is 1.62 bits per heavy atom. The molecule has 3 rings (SSSR count). The van der Waals surface area contributed by atoms with Crippen molar-refractivity contribution in [1.29, 1.82) is 0 Å². The fourth-order valence-corrected chi connectivity index (χ4v) is 2.83. The molecule has 0 radical (unpaired) electrons. The molecule has 3 aromatic carbocycles. The molecule has 1 nitrogen and oxygen atoms in total. The second-order valence-electron chi connectivity index (χ2n) is 5.69. The number of aliphatic hydroxyl groups is 1. The Morgan fingerprint density at radius 3 is 2.43 bits per heavy atom. The molecule has 0 heterocycles. The van der Waals surface area contributed by atoms with E-state index >= 15 is 0 Å². The van der Waals surface area contributed by atoms with Crippen LogP contribution in [0.15, 0.2) is 60.7 Å². The average molecular weight is 276 g/mol.